The monoisotopic (exact) mass is 586 g/mol. The Balaban J connectivity index is 0.00000267. The minimum Gasteiger partial charge on any atom is -0.484 e. The molecule has 0 saturated heterocycles. The zero-order valence-corrected chi connectivity index (χ0v) is 22.9. The lowest BCUT2D eigenvalue weighted by molar-refractivity contribution is -0.138. The number of ether oxygens (including phenoxy) is 1. The highest BCUT2D eigenvalue weighted by Gasteiger charge is 2.37. The van der Waals surface area contributed by atoms with Crippen molar-refractivity contribution in [3.63, 3.8) is 0 Å². The zero-order valence-electron chi connectivity index (χ0n) is 21.9. The Morgan fingerprint density at radius 3 is 2.35 bits per heavy atom. The molecule has 1 saturated carbocycles. The van der Waals surface area contributed by atoms with E-state index in [2.05, 4.69) is 20.6 Å². The molecule has 1 aromatic heterocycles. The molecule has 4 rings (SSSR count). The summed E-state index contributed by atoms with van der Waals surface area (Å²) in [6.45, 7) is 5.53. The van der Waals surface area contributed by atoms with Crippen molar-refractivity contribution in [2.75, 3.05) is 36.2 Å². The second-order valence-corrected chi connectivity index (χ2v) is 9.90. The van der Waals surface area contributed by atoms with E-state index in [9.17, 15) is 22.8 Å². The molecule has 1 aliphatic carbocycles. The van der Waals surface area contributed by atoms with Gasteiger partial charge in [0, 0.05) is 26.2 Å². The number of rotatable bonds is 7. The van der Waals surface area contributed by atoms with Gasteiger partial charge in [-0.1, -0.05) is 28.7 Å². The van der Waals surface area contributed by atoms with E-state index in [1.807, 2.05) is 32.7 Å². The summed E-state index contributed by atoms with van der Waals surface area (Å²) in [6, 6.07) is 3.98. The lowest BCUT2D eigenvalue weighted by atomic mass is 9.85. The van der Waals surface area contributed by atoms with E-state index in [-0.39, 0.29) is 76.6 Å². The van der Waals surface area contributed by atoms with Crippen molar-refractivity contribution in [3.05, 3.63) is 35.5 Å². The highest BCUT2D eigenvalue weighted by atomic mass is 32.1. The van der Waals surface area contributed by atoms with E-state index in [0.29, 0.717) is 36.0 Å². The fourth-order valence-electron chi connectivity index (χ4n) is 4.67. The number of carbonyl (C=O) groups is 2. The third-order valence-corrected chi connectivity index (χ3v) is 6.90. The molecule has 224 valence electrons. The largest absolute Gasteiger partial charge is 0.484 e. The molecule has 2 aliphatic rings. The van der Waals surface area contributed by atoms with Gasteiger partial charge in [0.25, 0.3) is 5.91 Å². The van der Waals surface area contributed by atoms with Crippen LogP contribution in [0.25, 0.3) is 0 Å². The van der Waals surface area contributed by atoms with E-state index in [1.54, 1.807) is 11.9 Å². The summed E-state index contributed by atoms with van der Waals surface area (Å²) < 4.78 is 43.4. The van der Waals surface area contributed by atoms with Crippen LogP contribution < -0.4 is 20.3 Å². The van der Waals surface area contributed by atoms with E-state index >= 15 is 0 Å². The quantitative estimate of drug-likeness (QED) is 0.467. The highest BCUT2D eigenvalue weighted by molar-refractivity contribution is 7.59. The average molecular weight is 587 g/mol. The number of nitrogens with zero attached hydrogens (tertiary/aromatic N) is 4. The maximum absolute atomic E-state index is 12.7. The Bertz CT molecular complexity index is 1170. The molecule has 1 aromatic carbocycles. The van der Waals surface area contributed by atoms with Gasteiger partial charge in [-0.2, -0.15) is 31.7 Å². The molecule has 0 radical (unpaired) electrons. The number of likely N-dealkylation sites (N-methyl/N-ethyl adjacent to an activating group) is 2. The number of hydrogen-bond donors (Lipinski definition) is 2. The number of carbonyl (C=O) groups excluding carboxylic acids is 2. The van der Waals surface area contributed by atoms with Gasteiger partial charge in [-0.05, 0) is 49.9 Å². The number of fused-ring (bicyclic) bond motifs is 1. The van der Waals surface area contributed by atoms with Gasteiger partial charge in [0.05, 0.1) is 11.3 Å². The van der Waals surface area contributed by atoms with E-state index in [1.165, 1.54) is 12.1 Å². The van der Waals surface area contributed by atoms with Crippen LogP contribution in [0.15, 0.2) is 24.3 Å². The van der Waals surface area contributed by atoms with Gasteiger partial charge in [-0.3, -0.25) is 9.59 Å². The number of anilines is 3. The van der Waals surface area contributed by atoms with Crippen molar-refractivity contribution < 1.29 is 27.5 Å². The SMILES string of the molecule is C.C.Cc1nc(NC2CC(N(C)C(=O)COc3ccc(C(F)(F)F)cc3)C2)nc2c1NC(=O)[C@H](C(C)C)N2C.S. The molecule has 1 aliphatic heterocycles. The van der Waals surface area contributed by atoms with Crippen molar-refractivity contribution in [1.82, 2.24) is 14.9 Å². The Hall–Kier alpha value is -3.22. The van der Waals surface area contributed by atoms with Crippen LogP contribution in [-0.4, -0.2) is 65.5 Å². The predicted molar refractivity (Wildman–Crippen MR) is 156 cm³/mol. The Kier molecular flexibility index (Phi) is 11.7. The number of aryl methyl sites for hydroxylation is 1. The normalized spacial score (nSPS) is 19.6. The number of nitrogens with one attached hydrogen (secondary N) is 2. The van der Waals surface area contributed by atoms with Crippen LogP contribution in [0.5, 0.6) is 5.75 Å². The van der Waals surface area contributed by atoms with Gasteiger partial charge >= 0.3 is 6.18 Å². The van der Waals surface area contributed by atoms with E-state index < -0.39 is 11.7 Å². The number of halogens is 3. The van der Waals surface area contributed by atoms with Crippen LogP contribution >= 0.6 is 13.5 Å². The number of benzene rings is 1. The van der Waals surface area contributed by atoms with Gasteiger partial charge < -0.3 is 25.2 Å². The smallest absolute Gasteiger partial charge is 0.416 e. The minimum absolute atomic E-state index is 0. The molecule has 2 amide bonds. The first-order chi connectivity index (χ1) is 17.3. The second-order valence-electron chi connectivity index (χ2n) is 9.90. The molecule has 13 heteroatoms. The molecule has 0 spiro atoms. The molecule has 1 fully saturated rings. The van der Waals surface area contributed by atoms with E-state index in [0.717, 1.165) is 12.1 Å². The van der Waals surface area contributed by atoms with Crippen molar-refractivity contribution in [2.24, 2.45) is 5.92 Å². The molecule has 2 N–H and O–H groups in total. The van der Waals surface area contributed by atoms with Crippen LogP contribution in [0.4, 0.5) is 30.6 Å². The number of amides is 2. The fraction of sp³-hybridized carbons (Fsp3) is 0.556. The van der Waals surface area contributed by atoms with Crippen molar-refractivity contribution in [3.8, 4) is 5.75 Å². The Labute approximate surface area is 241 Å². The van der Waals surface area contributed by atoms with Gasteiger partial charge in [0.15, 0.2) is 12.4 Å². The molecule has 2 heterocycles. The van der Waals surface area contributed by atoms with Crippen molar-refractivity contribution in [1.29, 1.82) is 0 Å². The molecule has 0 bridgehead atoms. The summed E-state index contributed by atoms with van der Waals surface area (Å²) in [4.78, 5) is 37.7. The van der Waals surface area contributed by atoms with Crippen LogP contribution in [0, 0.1) is 12.8 Å². The van der Waals surface area contributed by atoms with Gasteiger partial charge in [0.1, 0.15) is 17.5 Å². The van der Waals surface area contributed by atoms with E-state index in [4.69, 9.17) is 4.74 Å². The first-order valence-electron chi connectivity index (χ1n) is 12.1. The van der Waals surface area contributed by atoms with Crippen LogP contribution in [-0.2, 0) is 15.8 Å². The fourth-order valence-corrected chi connectivity index (χ4v) is 4.67. The lowest BCUT2D eigenvalue weighted by Crippen LogP contribution is -2.52. The summed E-state index contributed by atoms with van der Waals surface area (Å²) >= 11 is 0. The maximum atomic E-state index is 12.7. The zero-order chi connectivity index (χ0) is 27.1. The van der Waals surface area contributed by atoms with Gasteiger partial charge in [-0.15, -0.1) is 0 Å². The number of hydrogen-bond acceptors (Lipinski definition) is 7. The van der Waals surface area contributed by atoms with Crippen molar-refractivity contribution in [2.45, 2.75) is 72.8 Å². The van der Waals surface area contributed by atoms with Gasteiger partial charge in [-0.25, -0.2) is 4.98 Å². The molecular weight excluding hydrogens is 545 g/mol. The van der Waals surface area contributed by atoms with Crippen LogP contribution in [0.1, 0.15) is 52.8 Å². The summed E-state index contributed by atoms with van der Waals surface area (Å²) in [5.74, 6) is 1.09. The highest BCUT2D eigenvalue weighted by Crippen LogP contribution is 2.35. The predicted octanol–water partition coefficient (Wildman–Crippen LogP) is 5.08. The van der Waals surface area contributed by atoms with Crippen LogP contribution in [0.2, 0.25) is 0 Å². The molecule has 9 nitrogen and oxygen atoms in total. The Morgan fingerprint density at radius 1 is 1.20 bits per heavy atom. The average Bonchev–Trinajstić information content (AvgIpc) is 2.79. The minimum atomic E-state index is -4.42. The standard InChI is InChI=1S/C25H31F3N6O3.2CH4.H2S/c1-13(2)21-23(36)31-20-14(3)29-24(32-22(20)34(21)5)30-16-10-17(11-16)33(4)19(35)12-37-18-8-6-15(7-9-18)25(26,27)28;;;/h6-9,13,16-17,21H,10-12H2,1-5H3,(H,31,36)(H,29,30,32);2*1H4;1H2/t16?,17?,21-;;;/m0.../s1. The molecule has 1 atom stereocenters. The lowest BCUT2D eigenvalue weighted by Gasteiger charge is -2.41. The summed E-state index contributed by atoms with van der Waals surface area (Å²) in [5, 5.41) is 6.25. The van der Waals surface area contributed by atoms with Crippen molar-refractivity contribution >= 4 is 42.8 Å². The third kappa shape index (κ3) is 7.29. The first kappa shape index (κ1) is 34.8. The third-order valence-electron chi connectivity index (χ3n) is 6.90. The summed E-state index contributed by atoms with van der Waals surface area (Å²) in [7, 11) is 3.54. The first-order valence-corrected chi connectivity index (χ1v) is 12.1. The number of aromatic nitrogens is 2. The van der Waals surface area contributed by atoms with Gasteiger partial charge in [0.2, 0.25) is 11.9 Å². The maximum Gasteiger partial charge on any atom is 0.416 e. The Morgan fingerprint density at radius 2 is 1.80 bits per heavy atom. The number of alkyl halides is 3. The van der Waals surface area contributed by atoms with Crippen LogP contribution in [0.3, 0.4) is 0 Å². The summed E-state index contributed by atoms with van der Waals surface area (Å²) in [6.07, 6.45) is -3.05. The molecule has 40 heavy (non-hydrogen) atoms. The second kappa shape index (κ2) is 13.4. The molecular formula is C27H41F3N6O3S. The molecule has 2 aromatic rings. The summed E-state index contributed by atoms with van der Waals surface area (Å²) in [5.41, 5.74) is 0.504. The topological polar surface area (TPSA) is 99.7 Å². The molecule has 0 unspecified atom stereocenters.